The number of para-hydroxylation sites is 1. The summed E-state index contributed by atoms with van der Waals surface area (Å²) >= 11 is 0. The van der Waals surface area contributed by atoms with Crippen molar-refractivity contribution < 1.29 is 27.5 Å². The van der Waals surface area contributed by atoms with Gasteiger partial charge in [0.25, 0.3) is 0 Å². The van der Waals surface area contributed by atoms with Gasteiger partial charge < -0.3 is 15.4 Å². The van der Waals surface area contributed by atoms with Gasteiger partial charge in [0.2, 0.25) is 5.91 Å². The van der Waals surface area contributed by atoms with Gasteiger partial charge in [-0.15, -0.1) is 0 Å². The Morgan fingerprint density at radius 3 is 2.58 bits per heavy atom. The predicted molar refractivity (Wildman–Crippen MR) is 110 cm³/mol. The number of halogens is 3. The summed E-state index contributed by atoms with van der Waals surface area (Å²) in [6.45, 7) is -0.315. The second kappa shape index (κ2) is 6.62. The van der Waals surface area contributed by atoms with Gasteiger partial charge in [-0.1, -0.05) is 24.3 Å². The monoisotopic (exact) mass is 452 g/mol. The molecule has 0 radical (unpaired) electrons. The van der Waals surface area contributed by atoms with E-state index in [2.05, 4.69) is 0 Å². The number of likely N-dealkylation sites (N-methyl/N-ethyl adjacent to an activating group) is 1. The standard InChI is InChI=1S/C23H15F3N4O3/c1-29-16-8-3-2-7-14(16)22(21(29)32)15(10-27)19(28)30(17-11-33-20(31)18(17)22)13-6-4-5-12(9-13)23(24,25)26/h2-9H,11,28H2,1H3/t22-/m1/s1. The number of carbonyl (C=O) groups is 2. The van der Waals surface area contributed by atoms with Gasteiger partial charge >= 0.3 is 12.1 Å². The lowest BCUT2D eigenvalue weighted by molar-refractivity contribution is -0.138. The fraction of sp³-hybridized carbons (Fsp3) is 0.174. The van der Waals surface area contributed by atoms with E-state index in [4.69, 9.17) is 10.5 Å². The van der Waals surface area contributed by atoms with Crippen LogP contribution in [-0.4, -0.2) is 25.5 Å². The van der Waals surface area contributed by atoms with E-state index < -0.39 is 29.0 Å². The summed E-state index contributed by atoms with van der Waals surface area (Å²) in [6.07, 6.45) is -4.62. The molecule has 33 heavy (non-hydrogen) atoms. The molecule has 0 bridgehead atoms. The highest BCUT2D eigenvalue weighted by molar-refractivity contribution is 6.19. The molecule has 10 heteroatoms. The van der Waals surface area contributed by atoms with Crippen molar-refractivity contribution in [1.29, 1.82) is 5.26 Å². The van der Waals surface area contributed by atoms with Crippen molar-refractivity contribution in [1.82, 2.24) is 0 Å². The number of rotatable bonds is 1. The van der Waals surface area contributed by atoms with Crippen LogP contribution in [0.2, 0.25) is 0 Å². The Morgan fingerprint density at radius 2 is 1.88 bits per heavy atom. The van der Waals surface area contributed by atoms with Crippen molar-refractivity contribution in [3.63, 3.8) is 0 Å². The summed E-state index contributed by atoms with van der Waals surface area (Å²) in [5.41, 5.74) is 4.21. The zero-order chi connectivity index (χ0) is 23.7. The number of anilines is 2. The van der Waals surface area contributed by atoms with E-state index in [1.165, 1.54) is 29.0 Å². The lowest BCUT2D eigenvalue weighted by atomic mass is 9.67. The Bertz CT molecular complexity index is 1360. The highest BCUT2D eigenvalue weighted by atomic mass is 19.4. The molecule has 2 N–H and O–H groups in total. The Morgan fingerprint density at radius 1 is 1.15 bits per heavy atom. The molecule has 5 rings (SSSR count). The minimum atomic E-state index is -4.62. The number of ether oxygens (including phenoxy) is 1. The number of benzene rings is 2. The van der Waals surface area contributed by atoms with Crippen LogP contribution in [0.1, 0.15) is 11.1 Å². The van der Waals surface area contributed by atoms with Crippen molar-refractivity contribution in [2.75, 3.05) is 23.5 Å². The average Bonchev–Trinajstić information content (AvgIpc) is 3.26. The minimum absolute atomic E-state index is 0.0113. The number of carbonyl (C=O) groups excluding carboxylic acids is 2. The van der Waals surface area contributed by atoms with E-state index in [0.717, 1.165) is 12.1 Å². The molecule has 3 aliphatic rings. The maximum absolute atomic E-state index is 13.6. The van der Waals surface area contributed by atoms with Crippen molar-refractivity contribution in [2.45, 2.75) is 11.6 Å². The Labute approximate surface area is 185 Å². The molecule has 3 heterocycles. The quantitative estimate of drug-likeness (QED) is 0.668. The molecule has 0 unspecified atom stereocenters. The maximum Gasteiger partial charge on any atom is 0.416 e. The fourth-order valence-corrected chi connectivity index (χ4v) is 4.82. The molecule has 7 nitrogen and oxygen atoms in total. The average molecular weight is 452 g/mol. The summed E-state index contributed by atoms with van der Waals surface area (Å²) in [5, 5.41) is 10.1. The first-order chi connectivity index (χ1) is 15.6. The topological polar surface area (TPSA) is 99.7 Å². The summed E-state index contributed by atoms with van der Waals surface area (Å²) in [7, 11) is 1.51. The number of fused-ring (bicyclic) bond motifs is 3. The lowest BCUT2D eigenvalue weighted by Gasteiger charge is -2.38. The van der Waals surface area contributed by atoms with E-state index >= 15 is 0 Å². The molecule has 0 saturated heterocycles. The molecule has 2 aromatic rings. The summed E-state index contributed by atoms with van der Waals surface area (Å²) in [6, 6.07) is 13.0. The van der Waals surface area contributed by atoms with Crippen LogP contribution in [0.25, 0.3) is 0 Å². The van der Waals surface area contributed by atoms with Crippen LogP contribution >= 0.6 is 0 Å². The van der Waals surface area contributed by atoms with Gasteiger partial charge in [0.05, 0.1) is 22.4 Å². The molecule has 0 fully saturated rings. The van der Waals surface area contributed by atoms with Crippen molar-refractivity contribution in [2.24, 2.45) is 5.73 Å². The molecule has 1 spiro atoms. The van der Waals surface area contributed by atoms with Gasteiger partial charge in [0.15, 0.2) is 0 Å². The van der Waals surface area contributed by atoms with E-state index in [-0.39, 0.29) is 35.0 Å². The van der Waals surface area contributed by atoms with Gasteiger partial charge in [-0.05, 0) is 24.3 Å². The second-order valence-corrected chi connectivity index (χ2v) is 7.78. The molecule has 3 aliphatic heterocycles. The minimum Gasteiger partial charge on any atom is -0.456 e. The van der Waals surface area contributed by atoms with Crippen LogP contribution < -0.4 is 15.5 Å². The molecule has 2 aromatic carbocycles. The van der Waals surface area contributed by atoms with Crippen molar-refractivity contribution >= 4 is 23.3 Å². The van der Waals surface area contributed by atoms with E-state index in [1.54, 1.807) is 24.3 Å². The van der Waals surface area contributed by atoms with E-state index in [1.807, 2.05) is 6.07 Å². The molecule has 0 aliphatic carbocycles. The van der Waals surface area contributed by atoms with Gasteiger partial charge in [0.1, 0.15) is 23.9 Å². The number of nitrogens with zero attached hydrogens (tertiary/aromatic N) is 3. The third kappa shape index (κ3) is 2.50. The zero-order valence-electron chi connectivity index (χ0n) is 17.1. The van der Waals surface area contributed by atoms with Gasteiger partial charge in [-0.3, -0.25) is 9.69 Å². The first kappa shape index (κ1) is 20.6. The molecule has 1 amide bonds. The molecule has 0 saturated carbocycles. The first-order valence-corrected chi connectivity index (χ1v) is 9.80. The third-order valence-electron chi connectivity index (χ3n) is 6.19. The maximum atomic E-state index is 13.6. The van der Waals surface area contributed by atoms with Crippen LogP contribution in [0.4, 0.5) is 24.5 Å². The number of amides is 1. The highest BCUT2D eigenvalue weighted by Gasteiger charge is 2.63. The number of alkyl halides is 3. The normalized spacial score (nSPS) is 22.0. The van der Waals surface area contributed by atoms with Crippen LogP contribution in [0, 0.1) is 11.3 Å². The predicted octanol–water partition coefficient (Wildman–Crippen LogP) is 2.94. The zero-order valence-corrected chi connectivity index (χ0v) is 17.1. The number of esters is 1. The van der Waals surface area contributed by atoms with Gasteiger partial charge in [-0.2, -0.15) is 18.4 Å². The third-order valence-corrected chi connectivity index (χ3v) is 6.19. The van der Waals surface area contributed by atoms with Crippen LogP contribution in [0.5, 0.6) is 0 Å². The largest absolute Gasteiger partial charge is 0.456 e. The number of hydrogen-bond donors (Lipinski definition) is 1. The van der Waals surface area contributed by atoms with Crippen LogP contribution in [-0.2, 0) is 25.9 Å². The summed E-state index contributed by atoms with van der Waals surface area (Å²) in [5.74, 6) is -1.65. The van der Waals surface area contributed by atoms with E-state index in [9.17, 15) is 28.0 Å². The smallest absolute Gasteiger partial charge is 0.416 e. The molecule has 0 aromatic heterocycles. The van der Waals surface area contributed by atoms with E-state index in [0.29, 0.717) is 11.3 Å². The molecular formula is C23H15F3N4O3. The summed E-state index contributed by atoms with van der Waals surface area (Å²) in [4.78, 5) is 29.1. The molecular weight excluding hydrogens is 437 g/mol. The van der Waals surface area contributed by atoms with Gasteiger partial charge in [0, 0.05) is 24.0 Å². The highest BCUT2D eigenvalue weighted by Crippen LogP contribution is 2.56. The number of nitrogens with two attached hydrogens (primary N) is 1. The Balaban J connectivity index is 1.84. The Kier molecular flexibility index (Phi) is 4.14. The van der Waals surface area contributed by atoms with Crippen molar-refractivity contribution in [3.8, 4) is 6.07 Å². The van der Waals surface area contributed by atoms with Crippen LogP contribution in [0.15, 0.2) is 71.2 Å². The fourth-order valence-electron chi connectivity index (χ4n) is 4.82. The Hall–Kier alpha value is -4.26. The molecule has 1 atom stereocenters. The SMILES string of the molecule is CN1C(=O)[C@@]2(C(C#N)=C(N)N(c3cccc(C(F)(F)F)c3)C3=C2C(=O)OC3)c2ccccc21. The summed E-state index contributed by atoms with van der Waals surface area (Å²) < 4.78 is 45.3. The number of cyclic esters (lactones) is 1. The van der Waals surface area contributed by atoms with Gasteiger partial charge in [-0.25, -0.2) is 4.79 Å². The molecule has 166 valence electrons. The number of nitriles is 1. The lowest BCUT2D eigenvalue weighted by Crippen LogP contribution is -2.50. The van der Waals surface area contributed by atoms with Crippen LogP contribution in [0.3, 0.4) is 0 Å². The number of hydrogen-bond acceptors (Lipinski definition) is 6. The first-order valence-electron chi connectivity index (χ1n) is 9.80. The van der Waals surface area contributed by atoms with Crippen molar-refractivity contribution in [3.05, 3.63) is 82.3 Å². The second-order valence-electron chi connectivity index (χ2n) is 7.78.